The first-order valence-electron chi connectivity index (χ1n) is 9.07. The minimum Gasteiger partial charge on any atom is -0.496 e. The van der Waals surface area contributed by atoms with Crippen LogP contribution in [0, 0.1) is 13.8 Å². The molecule has 0 saturated carbocycles. The van der Waals surface area contributed by atoms with Crippen LogP contribution >= 0.6 is 0 Å². The van der Waals surface area contributed by atoms with Crippen LogP contribution in [-0.4, -0.2) is 22.7 Å². The first-order valence-corrected chi connectivity index (χ1v) is 9.07. The normalized spacial score (nSPS) is 11.0. The van der Waals surface area contributed by atoms with E-state index in [0.717, 1.165) is 34.0 Å². The lowest BCUT2D eigenvalue weighted by Gasteiger charge is -2.11. The Morgan fingerprint density at radius 3 is 2.54 bits per heavy atom. The van der Waals surface area contributed by atoms with Crippen LogP contribution in [0.3, 0.4) is 0 Å². The second-order valence-corrected chi connectivity index (χ2v) is 6.54. The van der Waals surface area contributed by atoms with Gasteiger partial charge in [-0.2, -0.15) is 5.10 Å². The summed E-state index contributed by atoms with van der Waals surface area (Å²) in [5.41, 5.74) is 4.06. The summed E-state index contributed by atoms with van der Waals surface area (Å²) >= 11 is 0. The van der Waals surface area contributed by atoms with Crippen molar-refractivity contribution in [2.75, 3.05) is 7.11 Å². The molecule has 144 valence electrons. The number of rotatable bonds is 7. The van der Waals surface area contributed by atoms with E-state index in [1.807, 2.05) is 69.4 Å². The van der Waals surface area contributed by atoms with Crippen molar-refractivity contribution < 1.29 is 14.3 Å². The lowest BCUT2D eigenvalue weighted by Crippen LogP contribution is -2.00. The maximum atomic E-state index is 12.6. The topological polar surface area (TPSA) is 53.3 Å². The van der Waals surface area contributed by atoms with Gasteiger partial charge in [0.05, 0.1) is 18.4 Å². The Balaban J connectivity index is 1.78. The van der Waals surface area contributed by atoms with Gasteiger partial charge in [-0.3, -0.25) is 9.48 Å². The fraction of sp³-hybridized carbons (Fsp3) is 0.217. The van der Waals surface area contributed by atoms with Crippen molar-refractivity contribution in [3.8, 4) is 11.5 Å². The number of hydrogen-bond acceptors (Lipinski definition) is 4. The van der Waals surface area contributed by atoms with Crippen molar-refractivity contribution in [1.82, 2.24) is 9.78 Å². The molecule has 0 radical (unpaired) electrons. The number of carbonyl (C=O) groups is 1. The highest BCUT2D eigenvalue weighted by molar-refractivity contribution is 6.08. The smallest absolute Gasteiger partial charge is 0.189 e. The van der Waals surface area contributed by atoms with Crippen molar-refractivity contribution in [3.63, 3.8) is 0 Å². The fourth-order valence-corrected chi connectivity index (χ4v) is 3.08. The monoisotopic (exact) mass is 376 g/mol. The van der Waals surface area contributed by atoms with Crippen molar-refractivity contribution in [1.29, 1.82) is 0 Å². The van der Waals surface area contributed by atoms with Gasteiger partial charge >= 0.3 is 0 Å². The molecule has 1 aromatic heterocycles. The van der Waals surface area contributed by atoms with Gasteiger partial charge in [0.2, 0.25) is 0 Å². The van der Waals surface area contributed by atoms with E-state index in [1.165, 1.54) is 0 Å². The molecule has 0 aliphatic heterocycles. The SMILES string of the molecule is COc1ccc(/C=C/C(=O)c2c(C)nn(C)c2C)cc1COc1ccccc1. The number of nitrogens with zero attached hydrogens (tertiary/aromatic N) is 2. The van der Waals surface area contributed by atoms with Gasteiger partial charge in [0.25, 0.3) is 0 Å². The highest BCUT2D eigenvalue weighted by atomic mass is 16.5. The van der Waals surface area contributed by atoms with Gasteiger partial charge in [-0.05, 0) is 49.8 Å². The summed E-state index contributed by atoms with van der Waals surface area (Å²) < 4.78 is 13.0. The standard InChI is InChI=1S/C23H24N2O3/c1-16-23(17(2)25(3)24-16)21(26)12-10-18-11-13-22(27-4)19(14-18)15-28-20-8-6-5-7-9-20/h5-14H,15H2,1-4H3/b12-10+. The number of carbonyl (C=O) groups excluding carboxylic acids is 1. The molecule has 28 heavy (non-hydrogen) atoms. The van der Waals surface area contributed by atoms with Crippen molar-refractivity contribution in [2.24, 2.45) is 7.05 Å². The van der Waals surface area contributed by atoms with Gasteiger partial charge in [0.15, 0.2) is 5.78 Å². The maximum absolute atomic E-state index is 12.6. The van der Waals surface area contributed by atoms with Gasteiger partial charge < -0.3 is 9.47 Å². The molecular formula is C23H24N2O3. The quantitative estimate of drug-likeness (QED) is 0.449. The Hall–Kier alpha value is -3.34. The molecule has 3 aromatic rings. The average molecular weight is 376 g/mol. The highest BCUT2D eigenvalue weighted by Gasteiger charge is 2.15. The Morgan fingerprint density at radius 2 is 1.89 bits per heavy atom. The van der Waals surface area contributed by atoms with E-state index in [-0.39, 0.29) is 5.78 Å². The molecule has 5 heteroatoms. The molecule has 3 rings (SSSR count). The molecule has 0 atom stereocenters. The second-order valence-electron chi connectivity index (χ2n) is 6.54. The number of aromatic nitrogens is 2. The van der Waals surface area contributed by atoms with E-state index in [0.29, 0.717) is 12.2 Å². The zero-order valence-corrected chi connectivity index (χ0v) is 16.6. The van der Waals surface area contributed by atoms with Crippen molar-refractivity contribution >= 4 is 11.9 Å². The Kier molecular flexibility index (Phi) is 5.94. The van der Waals surface area contributed by atoms with Crippen LogP contribution in [0.25, 0.3) is 6.08 Å². The maximum Gasteiger partial charge on any atom is 0.189 e. The van der Waals surface area contributed by atoms with Crippen LogP contribution in [0.2, 0.25) is 0 Å². The van der Waals surface area contributed by atoms with Crippen molar-refractivity contribution in [2.45, 2.75) is 20.5 Å². The van der Waals surface area contributed by atoms with E-state index >= 15 is 0 Å². The van der Waals surface area contributed by atoms with E-state index in [1.54, 1.807) is 23.9 Å². The number of hydrogen-bond donors (Lipinski definition) is 0. The molecule has 0 bridgehead atoms. The first kappa shape index (κ1) is 19.4. The predicted octanol–water partition coefficient (Wildman–Crippen LogP) is 4.52. The number of para-hydroxylation sites is 1. The molecule has 0 spiro atoms. The van der Waals surface area contributed by atoms with Gasteiger partial charge in [-0.25, -0.2) is 0 Å². The van der Waals surface area contributed by atoms with E-state index in [9.17, 15) is 4.79 Å². The molecule has 0 aliphatic rings. The fourth-order valence-electron chi connectivity index (χ4n) is 3.08. The lowest BCUT2D eigenvalue weighted by molar-refractivity contribution is 0.104. The van der Waals surface area contributed by atoms with Crippen molar-refractivity contribution in [3.05, 3.63) is 82.7 Å². The average Bonchev–Trinajstić information content (AvgIpc) is 2.97. The van der Waals surface area contributed by atoms with Gasteiger partial charge in [0, 0.05) is 18.3 Å². The summed E-state index contributed by atoms with van der Waals surface area (Å²) in [5.74, 6) is 1.49. The van der Waals surface area contributed by atoms with Crippen LogP contribution in [0.4, 0.5) is 0 Å². The third-order valence-electron chi connectivity index (χ3n) is 4.62. The van der Waals surface area contributed by atoms with E-state index in [2.05, 4.69) is 5.10 Å². The number of methoxy groups -OCH3 is 1. The predicted molar refractivity (Wildman–Crippen MR) is 110 cm³/mol. The zero-order chi connectivity index (χ0) is 20.1. The Morgan fingerprint density at radius 1 is 1.14 bits per heavy atom. The third kappa shape index (κ3) is 4.31. The number of ketones is 1. The van der Waals surface area contributed by atoms with E-state index < -0.39 is 0 Å². The molecule has 1 heterocycles. The first-order chi connectivity index (χ1) is 13.5. The molecule has 0 aliphatic carbocycles. The summed E-state index contributed by atoms with van der Waals surface area (Å²) in [6.45, 7) is 4.12. The van der Waals surface area contributed by atoms with Crippen LogP contribution in [-0.2, 0) is 13.7 Å². The summed E-state index contributed by atoms with van der Waals surface area (Å²) in [6.07, 6.45) is 3.39. The summed E-state index contributed by atoms with van der Waals surface area (Å²) in [4.78, 5) is 12.6. The molecule has 0 unspecified atom stereocenters. The lowest BCUT2D eigenvalue weighted by atomic mass is 10.1. The minimum atomic E-state index is -0.0546. The van der Waals surface area contributed by atoms with Gasteiger partial charge in [-0.15, -0.1) is 0 Å². The van der Waals surface area contributed by atoms with Crippen LogP contribution in [0.15, 0.2) is 54.6 Å². The van der Waals surface area contributed by atoms with Crippen LogP contribution in [0.5, 0.6) is 11.5 Å². The number of benzene rings is 2. The largest absolute Gasteiger partial charge is 0.496 e. The molecule has 0 amide bonds. The molecule has 0 fully saturated rings. The minimum absolute atomic E-state index is 0.0546. The summed E-state index contributed by atoms with van der Waals surface area (Å²) in [6, 6.07) is 15.4. The number of aryl methyl sites for hydroxylation is 2. The molecule has 0 N–H and O–H groups in total. The zero-order valence-electron chi connectivity index (χ0n) is 16.6. The van der Waals surface area contributed by atoms with Crippen LogP contribution in [0.1, 0.15) is 32.9 Å². The molecule has 5 nitrogen and oxygen atoms in total. The van der Waals surface area contributed by atoms with Crippen LogP contribution < -0.4 is 9.47 Å². The number of allylic oxidation sites excluding steroid dienone is 1. The second kappa shape index (κ2) is 8.57. The molecule has 0 saturated heterocycles. The number of ether oxygens (including phenoxy) is 2. The highest BCUT2D eigenvalue weighted by Crippen LogP contribution is 2.23. The summed E-state index contributed by atoms with van der Waals surface area (Å²) in [7, 11) is 3.47. The third-order valence-corrected chi connectivity index (χ3v) is 4.62. The summed E-state index contributed by atoms with van der Waals surface area (Å²) in [5, 5.41) is 4.31. The Labute approximate surface area is 165 Å². The molecular weight excluding hydrogens is 352 g/mol. The Bertz CT molecular complexity index is 1000. The molecule has 2 aromatic carbocycles. The van der Waals surface area contributed by atoms with Gasteiger partial charge in [0.1, 0.15) is 18.1 Å². The van der Waals surface area contributed by atoms with E-state index in [4.69, 9.17) is 9.47 Å². The van der Waals surface area contributed by atoms with Gasteiger partial charge in [-0.1, -0.05) is 30.3 Å².